The highest BCUT2D eigenvalue weighted by Crippen LogP contribution is 2.30. The van der Waals surface area contributed by atoms with Gasteiger partial charge in [0.1, 0.15) is 0 Å². The second-order valence-corrected chi connectivity index (χ2v) is 5.63. The number of hydrogen-bond donors (Lipinski definition) is 1. The number of nitrogens with zero attached hydrogens (tertiary/aromatic N) is 2. The molecule has 0 fully saturated rings. The lowest BCUT2D eigenvalue weighted by atomic mass is 10.1. The minimum absolute atomic E-state index is 0.0342. The predicted molar refractivity (Wildman–Crippen MR) is 85.4 cm³/mol. The largest absolute Gasteiger partial charge is 0.398 e. The topological polar surface area (TPSA) is 49.6 Å². The van der Waals surface area contributed by atoms with E-state index in [9.17, 15) is 4.79 Å². The fraction of sp³-hybridized carbons (Fsp3) is 0.188. The molecule has 5 heteroatoms. The van der Waals surface area contributed by atoms with Crippen LogP contribution in [-0.4, -0.2) is 18.0 Å². The van der Waals surface area contributed by atoms with E-state index in [0.717, 1.165) is 16.8 Å². The van der Waals surface area contributed by atoms with Crippen LogP contribution in [0.25, 0.3) is 0 Å². The lowest BCUT2D eigenvalue weighted by molar-refractivity contribution is 0.210. The van der Waals surface area contributed by atoms with Gasteiger partial charge < -0.3 is 10.6 Å². The first-order valence-corrected chi connectivity index (χ1v) is 7.08. The van der Waals surface area contributed by atoms with Gasteiger partial charge in [0.15, 0.2) is 0 Å². The highest BCUT2D eigenvalue weighted by atomic mass is 35.5. The average molecular weight is 302 g/mol. The number of benzene rings is 2. The van der Waals surface area contributed by atoms with E-state index in [4.69, 9.17) is 17.3 Å². The van der Waals surface area contributed by atoms with Gasteiger partial charge in [-0.3, -0.25) is 4.90 Å². The van der Waals surface area contributed by atoms with E-state index < -0.39 is 0 Å². The summed E-state index contributed by atoms with van der Waals surface area (Å²) in [5.41, 5.74) is 9.54. The van der Waals surface area contributed by atoms with Crippen LogP contribution >= 0.6 is 11.6 Å². The summed E-state index contributed by atoms with van der Waals surface area (Å²) >= 11 is 6.03. The zero-order valence-electron chi connectivity index (χ0n) is 11.7. The molecule has 0 aliphatic carbocycles. The van der Waals surface area contributed by atoms with Crippen molar-refractivity contribution in [2.75, 3.05) is 17.7 Å². The van der Waals surface area contributed by atoms with Crippen LogP contribution in [0.15, 0.2) is 42.5 Å². The first kappa shape index (κ1) is 13.8. The van der Waals surface area contributed by atoms with Crippen molar-refractivity contribution in [1.82, 2.24) is 4.90 Å². The normalized spacial score (nSPS) is 14.3. The van der Waals surface area contributed by atoms with Crippen molar-refractivity contribution in [3.8, 4) is 0 Å². The lowest BCUT2D eigenvalue weighted by Crippen LogP contribution is -2.44. The summed E-state index contributed by atoms with van der Waals surface area (Å²) < 4.78 is 0. The van der Waals surface area contributed by atoms with Gasteiger partial charge in [-0.2, -0.15) is 0 Å². The first-order chi connectivity index (χ1) is 10.1. The number of carbonyl (C=O) groups excluding carboxylic acids is 1. The van der Waals surface area contributed by atoms with Gasteiger partial charge >= 0.3 is 6.03 Å². The molecule has 0 saturated heterocycles. The summed E-state index contributed by atoms with van der Waals surface area (Å²) in [5, 5.41) is 0.616. The smallest absolute Gasteiger partial charge is 0.324 e. The molecule has 0 unspecified atom stereocenters. The van der Waals surface area contributed by atoms with E-state index in [1.807, 2.05) is 24.3 Å². The maximum absolute atomic E-state index is 12.5. The van der Waals surface area contributed by atoms with E-state index in [1.54, 1.807) is 35.0 Å². The molecule has 4 nitrogen and oxygen atoms in total. The fourth-order valence-corrected chi connectivity index (χ4v) is 2.77. The molecular weight excluding hydrogens is 286 g/mol. The molecule has 0 spiro atoms. The minimum Gasteiger partial charge on any atom is -0.398 e. The number of para-hydroxylation sites is 1. The molecule has 2 amide bonds. The molecule has 2 aromatic carbocycles. The molecule has 21 heavy (non-hydrogen) atoms. The minimum atomic E-state index is -0.0342. The zero-order chi connectivity index (χ0) is 15.0. The van der Waals surface area contributed by atoms with Crippen LogP contribution in [0.1, 0.15) is 11.1 Å². The number of hydrogen-bond acceptors (Lipinski definition) is 2. The van der Waals surface area contributed by atoms with E-state index in [2.05, 4.69) is 0 Å². The highest BCUT2D eigenvalue weighted by molar-refractivity contribution is 6.30. The molecule has 2 aromatic rings. The van der Waals surface area contributed by atoms with Crippen molar-refractivity contribution in [2.45, 2.75) is 13.1 Å². The average Bonchev–Trinajstić information content (AvgIpc) is 2.47. The van der Waals surface area contributed by atoms with Crippen LogP contribution < -0.4 is 10.6 Å². The number of amides is 2. The molecule has 1 aliphatic rings. The number of rotatable bonds is 2. The molecule has 0 atom stereocenters. The van der Waals surface area contributed by atoms with Crippen molar-refractivity contribution < 1.29 is 4.79 Å². The third kappa shape index (κ3) is 2.54. The van der Waals surface area contributed by atoms with Gasteiger partial charge in [0.2, 0.25) is 0 Å². The molecule has 0 radical (unpaired) electrons. The second kappa shape index (κ2) is 5.30. The van der Waals surface area contributed by atoms with E-state index >= 15 is 0 Å². The van der Waals surface area contributed by atoms with E-state index in [-0.39, 0.29) is 6.03 Å². The Morgan fingerprint density at radius 3 is 2.81 bits per heavy atom. The third-order valence-electron chi connectivity index (χ3n) is 3.68. The first-order valence-electron chi connectivity index (χ1n) is 6.70. The fourth-order valence-electron chi connectivity index (χ4n) is 2.57. The maximum Gasteiger partial charge on any atom is 0.324 e. The Labute approximate surface area is 128 Å². The number of halogens is 1. The number of urea groups is 1. The summed E-state index contributed by atoms with van der Waals surface area (Å²) in [4.78, 5) is 15.9. The Morgan fingerprint density at radius 2 is 2.00 bits per heavy atom. The Balaban J connectivity index is 2.01. The number of nitrogen functional groups attached to an aromatic ring is 1. The van der Waals surface area contributed by atoms with Crippen LogP contribution in [-0.2, 0) is 13.1 Å². The van der Waals surface area contributed by atoms with Gasteiger partial charge in [-0.25, -0.2) is 4.79 Å². The van der Waals surface area contributed by atoms with Gasteiger partial charge in [0.05, 0.1) is 12.2 Å². The molecule has 1 heterocycles. The molecular formula is C16H16ClN3O. The van der Waals surface area contributed by atoms with Crippen LogP contribution in [0.4, 0.5) is 16.2 Å². The van der Waals surface area contributed by atoms with Gasteiger partial charge in [-0.15, -0.1) is 0 Å². The van der Waals surface area contributed by atoms with E-state index in [1.165, 1.54) is 0 Å². The molecule has 2 N–H and O–H groups in total. The summed E-state index contributed by atoms with van der Waals surface area (Å²) in [7, 11) is 1.80. The predicted octanol–water partition coefficient (Wildman–Crippen LogP) is 3.49. The van der Waals surface area contributed by atoms with Crippen LogP contribution in [0.5, 0.6) is 0 Å². The maximum atomic E-state index is 12.5. The second-order valence-electron chi connectivity index (χ2n) is 5.20. The van der Waals surface area contributed by atoms with Crippen molar-refractivity contribution in [3.63, 3.8) is 0 Å². The summed E-state index contributed by atoms with van der Waals surface area (Å²) in [5.74, 6) is 0. The molecule has 0 saturated carbocycles. The lowest BCUT2D eigenvalue weighted by Gasteiger charge is -2.35. The van der Waals surface area contributed by atoms with E-state index in [0.29, 0.717) is 23.8 Å². The van der Waals surface area contributed by atoms with Gasteiger partial charge in [-0.05, 0) is 35.4 Å². The SMILES string of the molecule is CN1Cc2ccccc2N(Cc2cc(Cl)ccc2N)C1=O. The summed E-state index contributed by atoms with van der Waals surface area (Å²) in [6, 6.07) is 13.2. The van der Waals surface area contributed by atoms with Crippen molar-refractivity contribution in [1.29, 1.82) is 0 Å². The zero-order valence-corrected chi connectivity index (χ0v) is 12.5. The monoisotopic (exact) mass is 301 g/mol. The number of nitrogens with two attached hydrogens (primary N) is 1. The van der Waals surface area contributed by atoms with Crippen LogP contribution in [0, 0.1) is 0 Å². The molecule has 1 aliphatic heterocycles. The van der Waals surface area contributed by atoms with Gasteiger partial charge in [-0.1, -0.05) is 29.8 Å². The summed E-state index contributed by atoms with van der Waals surface area (Å²) in [6.07, 6.45) is 0. The molecule has 108 valence electrons. The van der Waals surface area contributed by atoms with Crippen molar-refractivity contribution >= 4 is 29.0 Å². The standard InChI is InChI=1S/C16H16ClN3O/c1-19-9-11-4-2-3-5-15(11)20(16(19)21)10-12-8-13(17)6-7-14(12)18/h2-8H,9-10,18H2,1H3. The van der Waals surface area contributed by atoms with Crippen LogP contribution in [0.2, 0.25) is 5.02 Å². The van der Waals surface area contributed by atoms with Crippen LogP contribution in [0.3, 0.4) is 0 Å². The number of fused-ring (bicyclic) bond motifs is 1. The quantitative estimate of drug-likeness (QED) is 0.863. The molecule has 0 bridgehead atoms. The molecule has 0 aromatic heterocycles. The number of carbonyl (C=O) groups is 1. The van der Waals surface area contributed by atoms with Crippen molar-refractivity contribution in [2.24, 2.45) is 0 Å². The van der Waals surface area contributed by atoms with Crippen molar-refractivity contribution in [3.05, 3.63) is 58.6 Å². The summed E-state index contributed by atoms with van der Waals surface area (Å²) in [6.45, 7) is 1.03. The van der Waals surface area contributed by atoms with Gasteiger partial charge in [0, 0.05) is 24.3 Å². The Bertz CT molecular complexity index is 702. The Kier molecular flexibility index (Phi) is 3.47. The number of anilines is 2. The van der Waals surface area contributed by atoms with Gasteiger partial charge in [0.25, 0.3) is 0 Å². The third-order valence-corrected chi connectivity index (χ3v) is 3.92. The molecule has 3 rings (SSSR count). The highest BCUT2D eigenvalue weighted by Gasteiger charge is 2.28. The Hall–Kier alpha value is -2.20. The Morgan fingerprint density at radius 1 is 1.24 bits per heavy atom.